The smallest absolute Gasteiger partial charge is 0.0406 e. The number of halogens is 1. The summed E-state index contributed by atoms with van der Waals surface area (Å²) in [7, 11) is 0. The summed E-state index contributed by atoms with van der Waals surface area (Å²) in [4.78, 5) is 0. The van der Waals surface area contributed by atoms with Crippen molar-refractivity contribution < 1.29 is 0 Å². The van der Waals surface area contributed by atoms with E-state index in [0.717, 1.165) is 24.0 Å². The summed E-state index contributed by atoms with van der Waals surface area (Å²) in [5.41, 5.74) is 7.18. The van der Waals surface area contributed by atoms with Crippen LogP contribution in [-0.2, 0) is 0 Å². The van der Waals surface area contributed by atoms with Gasteiger partial charge >= 0.3 is 0 Å². The summed E-state index contributed by atoms with van der Waals surface area (Å²) in [6.07, 6.45) is 6.56. The Balaban J connectivity index is 1.79. The van der Waals surface area contributed by atoms with E-state index in [1.54, 1.807) is 0 Å². The highest BCUT2D eigenvalue weighted by Crippen LogP contribution is 2.21. The average Bonchev–Trinajstić information content (AvgIpc) is 2.89. The van der Waals surface area contributed by atoms with E-state index >= 15 is 0 Å². The van der Waals surface area contributed by atoms with Gasteiger partial charge in [-0.3, -0.25) is 0 Å². The van der Waals surface area contributed by atoms with E-state index in [-0.39, 0.29) is 0 Å². The quantitative estimate of drug-likeness (QED) is 0.829. The molecule has 100 valence electrons. The fourth-order valence-electron chi connectivity index (χ4n) is 2.75. The number of nitrogens with two attached hydrogens (primary N) is 1. The minimum absolute atomic E-state index is 0.441. The van der Waals surface area contributed by atoms with Crippen LogP contribution in [0, 0.1) is 0 Å². The number of hydrogen-bond donors (Lipinski definition) is 2. The van der Waals surface area contributed by atoms with E-state index in [9.17, 15) is 0 Å². The molecule has 1 aromatic rings. The molecule has 0 heterocycles. The highest BCUT2D eigenvalue weighted by molar-refractivity contribution is 6.30. The molecule has 1 aliphatic carbocycles. The van der Waals surface area contributed by atoms with Gasteiger partial charge in [0.05, 0.1) is 0 Å². The molecule has 0 radical (unpaired) electrons. The highest BCUT2D eigenvalue weighted by Gasteiger charge is 2.15. The Labute approximate surface area is 115 Å². The highest BCUT2D eigenvalue weighted by atomic mass is 35.5. The minimum atomic E-state index is 0.441. The van der Waals surface area contributed by atoms with Gasteiger partial charge in [-0.2, -0.15) is 0 Å². The van der Waals surface area contributed by atoms with Gasteiger partial charge in [-0.1, -0.05) is 36.6 Å². The fourth-order valence-corrected chi connectivity index (χ4v) is 2.87. The molecular formula is C15H23ClN2. The summed E-state index contributed by atoms with van der Waals surface area (Å²) < 4.78 is 0. The maximum Gasteiger partial charge on any atom is 0.0406 e. The van der Waals surface area contributed by atoms with Crippen molar-refractivity contribution in [1.29, 1.82) is 0 Å². The predicted octanol–water partition coefficient (Wildman–Crippen LogP) is 3.30. The molecule has 0 amide bonds. The van der Waals surface area contributed by atoms with Crippen LogP contribution in [0.5, 0.6) is 0 Å². The van der Waals surface area contributed by atoms with Crippen LogP contribution in [0.1, 0.15) is 43.6 Å². The maximum absolute atomic E-state index is 5.91. The first-order valence-corrected chi connectivity index (χ1v) is 7.36. The molecule has 2 nitrogen and oxygen atoms in total. The van der Waals surface area contributed by atoms with Gasteiger partial charge in [-0.05, 0) is 56.0 Å². The molecule has 1 aliphatic rings. The summed E-state index contributed by atoms with van der Waals surface area (Å²) in [5, 5.41) is 4.44. The Hall–Kier alpha value is -0.570. The Morgan fingerprint density at radius 1 is 1.22 bits per heavy atom. The van der Waals surface area contributed by atoms with Crippen LogP contribution in [0.4, 0.5) is 0 Å². The van der Waals surface area contributed by atoms with Crippen LogP contribution in [0.25, 0.3) is 0 Å². The average molecular weight is 267 g/mol. The van der Waals surface area contributed by atoms with Crippen molar-refractivity contribution in [1.82, 2.24) is 5.32 Å². The third-order valence-electron chi connectivity index (χ3n) is 3.91. The van der Waals surface area contributed by atoms with Gasteiger partial charge in [-0.15, -0.1) is 0 Å². The molecule has 3 heteroatoms. The van der Waals surface area contributed by atoms with Gasteiger partial charge < -0.3 is 11.1 Å². The maximum atomic E-state index is 5.91. The summed E-state index contributed by atoms with van der Waals surface area (Å²) in [5.74, 6) is 0.441. The summed E-state index contributed by atoms with van der Waals surface area (Å²) in [6, 6.07) is 8.83. The van der Waals surface area contributed by atoms with Crippen molar-refractivity contribution in [3.63, 3.8) is 0 Å². The zero-order valence-corrected chi connectivity index (χ0v) is 11.6. The third kappa shape index (κ3) is 3.98. The van der Waals surface area contributed by atoms with Crippen molar-refractivity contribution >= 4 is 11.6 Å². The fraction of sp³-hybridized carbons (Fsp3) is 0.600. The molecule has 18 heavy (non-hydrogen) atoms. The van der Waals surface area contributed by atoms with Crippen LogP contribution in [0.3, 0.4) is 0 Å². The SMILES string of the molecule is NCC(CCNC1CCCC1)c1ccc(Cl)cc1. The largest absolute Gasteiger partial charge is 0.330 e. The number of nitrogens with one attached hydrogen (secondary N) is 1. The lowest BCUT2D eigenvalue weighted by molar-refractivity contribution is 0.490. The second-order valence-electron chi connectivity index (χ2n) is 5.21. The van der Waals surface area contributed by atoms with Crippen molar-refractivity contribution in [3.05, 3.63) is 34.9 Å². The number of benzene rings is 1. The van der Waals surface area contributed by atoms with E-state index in [1.165, 1.54) is 31.2 Å². The van der Waals surface area contributed by atoms with E-state index in [1.807, 2.05) is 12.1 Å². The van der Waals surface area contributed by atoms with E-state index in [4.69, 9.17) is 17.3 Å². The van der Waals surface area contributed by atoms with Crippen molar-refractivity contribution in [2.24, 2.45) is 5.73 Å². The molecule has 1 saturated carbocycles. The van der Waals surface area contributed by atoms with Crippen LogP contribution >= 0.6 is 11.6 Å². The molecule has 1 aromatic carbocycles. The van der Waals surface area contributed by atoms with Gasteiger partial charge in [0, 0.05) is 11.1 Å². The summed E-state index contributed by atoms with van der Waals surface area (Å²) >= 11 is 5.91. The van der Waals surface area contributed by atoms with Gasteiger partial charge in [0.25, 0.3) is 0 Å². The van der Waals surface area contributed by atoms with Gasteiger partial charge in [0.2, 0.25) is 0 Å². The molecule has 0 saturated heterocycles. The first kappa shape index (κ1) is 13.9. The van der Waals surface area contributed by atoms with E-state index in [0.29, 0.717) is 12.5 Å². The van der Waals surface area contributed by atoms with Crippen LogP contribution in [0.2, 0.25) is 5.02 Å². The first-order chi connectivity index (χ1) is 8.79. The third-order valence-corrected chi connectivity index (χ3v) is 4.16. The predicted molar refractivity (Wildman–Crippen MR) is 78.1 cm³/mol. The second kappa shape index (κ2) is 7.13. The Morgan fingerprint density at radius 2 is 1.89 bits per heavy atom. The monoisotopic (exact) mass is 266 g/mol. The number of hydrogen-bond acceptors (Lipinski definition) is 2. The zero-order valence-electron chi connectivity index (χ0n) is 10.9. The summed E-state index contributed by atoms with van der Waals surface area (Å²) in [6.45, 7) is 1.77. The Kier molecular flexibility index (Phi) is 5.48. The van der Waals surface area contributed by atoms with Gasteiger partial charge in [0.15, 0.2) is 0 Å². The molecule has 0 spiro atoms. The van der Waals surface area contributed by atoms with Gasteiger partial charge in [0.1, 0.15) is 0 Å². The lowest BCUT2D eigenvalue weighted by Crippen LogP contribution is -2.29. The molecule has 3 N–H and O–H groups in total. The Morgan fingerprint density at radius 3 is 2.50 bits per heavy atom. The van der Waals surface area contributed by atoms with E-state index < -0.39 is 0 Å². The topological polar surface area (TPSA) is 38.0 Å². The zero-order chi connectivity index (χ0) is 12.8. The molecule has 2 rings (SSSR count). The Bertz CT molecular complexity index is 344. The molecule has 1 unspecified atom stereocenters. The molecule has 0 aliphatic heterocycles. The van der Waals surface area contributed by atoms with Crippen molar-refractivity contribution in [2.75, 3.05) is 13.1 Å². The lowest BCUT2D eigenvalue weighted by atomic mass is 9.96. The molecular weight excluding hydrogens is 244 g/mol. The number of rotatable bonds is 6. The van der Waals surface area contributed by atoms with Crippen molar-refractivity contribution in [3.8, 4) is 0 Å². The standard InChI is InChI=1S/C15H23ClN2/c16-14-7-5-12(6-8-14)13(11-17)9-10-18-15-3-1-2-4-15/h5-8,13,15,18H,1-4,9-11,17H2. The normalized spacial score (nSPS) is 18.1. The van der Waals surface area contributed by atoms with E-state index in [2.05, 4.69) is 17.4 Å². The molecule has 0 aromatic heterocycles. The first-order valence-electron chi connectivity index (χ1n) is 6.98. The molecule has 1 fully saturated rings. The van der Waals surface area contributed by atoms with Crippen LogP contribution in [0.15, 0.2) is 24.3 Å². The van der Waals surface area contributed by atoms with Crippen LogP contribution < -0.4 is 11.1 Å². The van der Waals surface area contributed by atoms with Crippen molar-refractivity contribution in [2.45, 2.75) is 44.1 Å². The van der Waals surface area contributed by atoms with Gasteiger partial charge in [-0.25, -0.2) is 0 Å². The molecule has 0 bridgehead atoms. The lowest BCUT2D eigenvalue weighted by Gasteiger charge is -2.18. The van der Waals surface area contributed by atoms with Crippen LogP contribution in [-0.4, -0.2) is 19.1 Å². The minimum Gasteiger partial charge on any atom is -0.330 e. The molecule has 1 atom stereocenters. The second-order valence-corrected chi connectivity index (χ2v) is 5.64.